The largest absolute Gasteiger partial charge is 0.460 e. The molecule has 0 aromatic rings. The highest BCUT2D eigenvalue weighted by Crippen LogP contribution is 2.34. The van der Waals surface area contributed by atoms with E-state index >= 15 is 0 Å². The molecular weight excluding hydrogens is 428 g/mol. The van der Waals surface area contributed by atoms with Crippen molar-refractivity contribution < 1.29 is 22.8 Å². The lowest BCUT2D eigenvalue weighted by Crippen LogP contribution is -2.62. The highest BCUT2D eigenvalue weighted by atomic mass is 28.4. The molecule has 5 nitrogen and oxygen atoms in total. The lowest BCUT2D eigenvalue weighted by atomic mass is 10.4. The van der Waals surface area contributed by atoms with Crippen molar-refractivity contribution in [2.45, 2.75) is 104 Å². The zero-order valence-corrected chi connectivity index (χ0v) is 24.4. The Hall–Kier alpha value is -0.259. The van der Waals surface area contributed by atoms with Gasteiger partial charge in [0.25, 0.3) is 0 Å². The summed E-state index contributed by atoms with van der Waals surface area (Å²) in [6, 6.07) is 2.25. The number of unbranched alkanes of at least 4 members (excludes halogenated alkanes) is 1. The topological polar surface area (TPSA) is 54.0 Å². The van der Waals surface area contributed by atoms with Gasteiger partial charge in [-0.05, 0) is 78.6 Å². The van der Waals surface area contributed by atoms with Gasteiger partial charge in [-0.1, -0.05) is 26.3 Å². The van der Waals surface area contributed by atoms with Crippen molar-refractivity contribution in [1.82, 2.24) is 0 Å². The van der Waals surface area contributed by atoms with Crippen molar-refractivity contribution in [1.29, 1.82) is 0 Å². The van der Waals surface area contributed by atoms with Gasteiger partial charge in [-0.2, -0.15) is 0 Å². The van der Waals surface area contributed by atoms with E-state index in [1.165, 1.54) is 18.9 Å². The molecule has 0 radical (unpaired) electrons. The summed E-state index contributed by atoms with van der Waals surface area (Å²) < 4.78 is 24.3. The third kappa shape index (κ3) is 12.0. The van der Waals surface area contributed by atoms with E-state index in [2.05, 4.69) is 66.6 Å². The Labute approximate surface area is 189 Å². The van der Waals surface area contributed by atoms with Crippen LogP contribution in [-0.2, 0) is 22.8 Å². The predicted octanol–water partition coefficient (Wildman–Crippen LogP) is 6.28. The van der Waals surface area contributed by atoms with Crippen molar-refractivity contribution in [3.8, 4) is 0 Å². The molecule has 0 aliphatic heterocycles. The molecule has 0 aliphatic rings. The third-order valence-corrected chi connectivity index (χ3v) is 17.2. The molecule has 30 heavy (non-hydrogen) atoms. The minimum Gasteiger partial charge on any atom is -0.460 e. The van der Waals surface area contributed by atoms with Crippen LogP contribution in [0.5, 0.6) is 0 Å². The fraction of sp³-hybridized carbons (Fsp3) is 0.864. The van der Waals surface area contributed by atoms with Crippen LogP contribution in [-0.4, -0.2) is 56.0 Å². The standard InChI is InChI=1S/C22H48O5Si3/c1-12-13-18-28(6,7)26-22(4,5)30(10,11)27-29(8,9)19-14-15-24-16-17-25-21(23)20(2)3/h2,12-19H2,1,3-11H3. The summed E-state index contributed by atoms with van der Waals surface area (Å²) in [5.74, 6) is -0.363. The second-order valence-electron chi connectivity index (χ2n) is 10.5. The van der Waals surface area contributed by atoms with Crippen LogP contribution in [0.2, 0.25) is 51.4 Å². The van der Waals surface area contributed by atoms with Gasteiger partial charge in [-0.25, -0.2) is 4.79 Å². The normalized spacial score (nSPS) is 13.4. The summed E-state index contributed by atoms with van der Waals surface area (Å²) >= 11 is 0. The minimum atomic E-state index is -2.05. The van der Waals surface area contributed by atoms with E-state index in [0.29, 0.717) is 18.8 Å². The molecule has 0 heterocycles. The highest BCUT2D eigenvalue weighted by Gasteiger charge is 2.48. The molecule has 0 aromatic carbocycles. The monoisotopic (exact) mass is 476 g/mol. The van der Waals surface area contributed by atoms with Gasteiger partial charge < -0.3 is 18.0 Å². The van der Waals surface area contributed by atoms with Crippen molar-refractivity contribution in [3.63, 3.8) is 0 Å². The van der Waals surface area contributed by atoms with Crippen LogP contribution in [0.1, 0.15) is 47.0 Å². The molecule has 0 unspecified atom stereocenters. The van der Waals surface area contributed by atoms with Gasteiger partial charge in [0, 0.05) is 12.2 Å². The van der Waals surface area contributed by atoms with Crippen molar-refractivity contribution >= 4 is 30.9 Å². The van der Waals surface area contributed by atoms with Gasteiger partial charge in [0.15, 0.2) is 16.6 Å². The maximum Gasteiger partial charge on any atom is 0.333 e. The number of hydrogen-bond acceptors (Lipinski definition) is 5. The molecule has 0 atom stereocenters. The summed E-state index contributed by atoms with van der Waals surface area (Å²) in [4.78, 5) is 11.3. The van der Waals surface area contributed by atoms with Crippen molar-refractivity contribution in [2.75, 3.05) is 19.8 Å². The number of carbonyl (C=O) groups excluding carboxylic acids is 1. The fourth-order valence-corrected chi connectivity index (χ4v) is 15.8. The molecule has 0 saturated heterocycles. The van der Waals surface area contributed by atoms with Crippen LogP contribution in [0.4, 0.5) is 0 Å². The van der Waals surface area contributed by atoms with E-state index in [-0.39, 0.29) is 17.8 Å². The highest BCUT2D eigenvalue weighted by molar-refractivity contribution is 6.86. The second-order valence-corrected chi connectivity index (χ2v) is 23.8. The van der Waals surface area contributed by atoms with Crippen LogP contribution in [0.15, 0.2) is 12.2 Å². The minimum absolute atomic E-state index is 0.204. The third-order valence-electron chi connectivity index (χ3n) is 5.52. The number of carbonyl (C=O) groups is 1. The van der Waals surface area contributed by atoms with E-state index in [9.17, 15) is 4.79 Å². The zero-order chi connectivity index (χ0) is 23.6. The first-order valence-electron chi connectivity index (χ1n) is 11.4. The molecule has 178 valence electrons. The lowest BCUT2D eigenvalue weighted by molar-refractivity contribution is -0.140. The fourth-order valence-electron chi connectivity index (χ4n) is 3.35. The molecular formula is C22H48O5Si3. The average molecular weight is 477 g/mol. The van der Waals surface area contributed by atoms with Gasteiger partial charge in [0.2, 0.25) is 8.32 Å². The summed E-state index contributed by atoms with van der Waals surface area (Å²) in [5, 5.41) is -0.204. The molecule has 0 fully saturated rings. The molecule has 0 bridgehead atoms. The van der Waals surface area contributed by atoms with E-state index < -0.39 is 25.0 Å². The maximum atomic E-state index is 11.3. The summed E-state index contributed by atoms with van der Waals surface area (Å²) in [5.41, 5.74) is 0.412. The van der Waals surface area contributed by atoms with E-state index in [4.69, 9.17) is 18.0 Å². The summed E-state index contributed by atoms with van der Waals surface area (Å²) in [6.45, 7) is 27.1. The van der Waals surface area contributed by atoms with Crippen LogP contribution >= 0.6 is 0 Å². The van der Waals surface area contributed by atoms with Gasteiger partial charge >= 0.3 is 5.97 Å². The Bertz CT molecular complexity index is 545. The molecule has 0 aromatic heterocycles. The molecule has 0 aliphatic carbocycles. The Kier molecular flexibility index (Phi) is 12.6. The summed E-state index contributed by atoms with van der Waals surface area (Å²) in [6.07, 6.45) is 3.41. The van der Waals surface area contributed by atoms with Crippen LogP contribution in [0.3, 0.4) is 0 Å². The molecule has 0 N–H and O–H groups in total. The molecule has 8 heteroatoms. The molecule has 0 saturated carbocycles. The van der Waals surface area contributed by atoms with E-state index in [1.807, 2.05) is 0 Å². The van der Waals surface area contributed by atoms with Gasteiger partial charge in [-0.15, -0.1) is 0 Å². The van der Waals surface area contributed by atoms with Crippen LogP contribution in [0, 0.1) is 0 Å². The smallest absolute Gasteiger partial charge is 0.333 e. The number of esters is 1. The number of hydrogen-bond donors (Lipinski definition) is 0. The van der Waals surface area contributed by atoms with Gasteiger partial charge in [-0.3, -0.25) is 0 Å². The Balaban J connectivity index is 4.49. The van der Waals surface area contributed by atoms with Gasteiger partial charge in [0.05, 0.1) is 11.8 Å². The van der Waals surface area contributed by atoms with Gasteiger partial charge in [0.1, 0.15) is 6.61 Å². The number of rotatable bonds is 16. The average Bonchev–Trinajstić information content (AvgIpc) is 2.56. The lowest BCUT2D eigenvalue weighted by Gasteiger charge is -2.47. The Morgan fingerprint density at radius 1 is 0.900 bits per heavy atom. The van der Waals surface area contributed by atoms with Crippen molar-refractivity contribution in [2.24, 2.45) is 0 Å². The maximum absolute atomic E-state index is 11.3. The quantitative estimate of drug-likeness (QED) is 0.114. The zero-order valence-electron chi connectivity index (χ0n) is 21.4. The first-order chi connectivity index (χ1) is 13.6. The first kappa shape index (κ1) is 29.7. The molecule has 0 rings (SSSR count). The van der Waals surface area contributed by atoms with Crippen LogP contribution < -0.4 is 0 Å². The first-order valence-corrected chi connectivity index (χ1v) is 20.5. The molecule has 0 spiro atoms. The van der Waals surface area contributed by atoms with Crippen LogP contribution in [0.25, 0.3) is 0 Å². The second kappa shape index (κ2) is 12.7. The van der Waals surface area contributed by atoms with E-state index in [0.717, 1.165) is 12.5 Å². The number of ether oxygens (including phenoxy) is 2. The SMILES string of the molecule is C=C(C)C(=O)OCCOCCC[Si](C)(C)O[Si](C)(C)C(C)(C)O[Si](C)(C)CCCC. The Morgan fingerprint density at radius 2 is 1.47 bits per heavy atom. The van der Waals surface area contributed by atoms with Crippen molar-refractivity contribution in [3.05, 3.63) is 12.2 Å². The predicted molar refractivity (Wildman–Crippen MR) is 134 cm³/mol. The summed E-state index contributed by atoms with van der Waals surface area (Å²) in [7, 11) is -5.58. The Morgan fingerprint density at radius 3 is 2.00 bits per heavy atom. The van der Waals surface area contributed by atoms with E-state index in [1.54, 1.807) is 6.92 Å². The molecule has 0 amide bonds.